The smallest absolute Gasteiger partial charge is 0.406 e. The van der Waals surface area contributed by atoms with Crippen molar-refractivity contribution >= 4 is 5.91 Å². The van der Waals surface area contributed by atoms with Gasteiger partial charge in [0.1, 0.15) is 11.4 Å². The van der Waals surface area contributed by atoms with E-state index < -0.39 is 6.36 Å². The van der Waals surface area contributed by atoms with Gasteiger partial charge in [-0.1, -0.05) is 19.1 Å². The number of halogens is 3. The summed E-state index contributed by atoms with van der Waals surface area (Å²) >= 11 is 0. The maximum Gasteiger partial charge on any atom is 0.573 e. The molecule has 0 spiro atoms. The zero-order chi connectivity index (χ0) is 21.5. The number of rotatable bonds is 7. The minimum absolute atomic E-state index is 0.206. The first-order chi connectivity index (χ1) is 14.2. The van der Waals surface area contributed by atoms with Crippen molar-refractivity contribution < 1.29 is 22.7 Å². The van der Waals surface area contributed by atoms with Crippen LogP contribution in [-0.2, 0) is 13.6 Å². The molecule has 30 heavy (non-hydrogen) atoms. The number of likely N-dealkylation sites (tertiary alicyclic amines) is 1. The van der Waals surface area contributed by atoms with Gasteiger partial charge in [0, 0.05) is 39.4 Å². The van der Waals surface area contributed by atoms with E-state index in [1.54, 1.807) is 35.1 Å². The summed E-state index contributed by atoms with van der Waals surface area (Å²) in [6.07, 6.45) is -1.53. The molecule has 1 aromatic carbocycles. The predicted octanol–water partition coefficient (Wildman–Crippen LogP) is 3.16. The number of aromatic nitrogens is 2. The SMILES string of the molecule is CCN1CC2C(C1)C2CN(Cc1cccc(OC(F)(F)F)c1)C(=O)c1cn(C)cn1. The molecule has 2 aliphatic rings. The van der Waals surface area contributed by atoms with Gasteiger partial charge in [-0.15, -0.1) is 13.2 Å². The minimum atomic E-state index is -4.75. The third-order valence-corrected chi connectivity index (χ3v) is 6.04. The largest absolute Gasteiger partial charge is 0.573 e. The van der Waals surface area contributed by atoms with Gasteiger partial charge in [0.2, 0.25) is 0 Å². The van der Waals surface area contributed by atoms with Crippen LogP contribution in [0.2, 0.25) is 0 Å². The van der Waals surface area contributed by atoms with E-state index in [2.05, 4.69) is 21.5 Å². The van der Waals surface area contributed by atoms with E-state index in [-0.39, 0.29) is 18.2 Å². The predicted molar refractivity (Wildman–Crippen MR) is 104 cm³/mol. The number of imidazole rings is 1. The van der Waals surface area contributed by atoms with E-state index in [1.165, 1.54) is 18.2 Å². The van der Waals surface area contributed by atoms with Crippen molar-refractivity contribution in [2.45, 2.75) is 19.8 Å². The number of nitrogens with zero attached hydrogens (tertiary/aromatic N) is 4. The summed E-state index contributed by atoms with van der Waals surface area (Å²) in [7, 11) is 1.79. The van der Waals surface area contributed by atoms with Crippen molar-refractivity contribution in [2.24, 2.45) is 24.8 Å². The second-order valence-electron chi connectivity index (χ2n) is 8.15. The fourth-order valence-corrected chi connectivity index (χ4v) is 4.49. The number of ether oxygens (including phenoxy) is 1. The number of aryl methyl sites for hydroxylation is 1. The molecule has 1 amide bonds. The first-order valence-electron chi connectivity index (χ1n) is 10.1. The quantitative estimate of drug-likeness (QED) is 0.688. The molecule has 0 N–H and O–H groups in total. The van der Waals surface area contributed by atoms with Crippen molar-refractivity contribution in [1.82, 2.24) is 19.4 Å². The lowest BCUT2D eigenvalue weighted by Crippen LogP contribution is -2.35. The van der Waals surface area contributed by atoms with E-state index in [9.17, 15) is 18.0 Å². The Morgan fingerprint density at radius 3 is 2.63 bits per heavy atom. The highest BCUT2D eigenvalue weighted by Gasteiger charge is 2.55. The number of benzene rings is 1. The van der Waals surface area contributed by atoms with Crippen LogP contribution >= 0.6 is 0 Å². The Morgan fingerprint density at radius 2 is 2.03 bits per heavy atom. The molecule has 9 heteroatoms. The van der Waals surface area contributed by atoms with Gasteiger partial charge in [-0.2, -0.15) is 0 Å². The van der Waals surface area contributed by atoms with Crippen molar-refractivity contribution in [3.05, 3.63) is 48.0 Å². The van der Waals surface area contributed by atoms with Gasteiger partial charge in [-0.3, -0.25) is 4.79 Å². The molecule has 2 heterocycles. The Morgan fingerprint density at radius 1 is 1.30 bits per heavy atom. The summed E-state index contributed by atoms with van der Waals surface area (Å²) in [5.41, 5.74) is 0.920. The van der Waals surface area contributed by atoms with Crippen LogP contribution in [-0.4, -0.2) is 57.8 Å². The average molecular weight is 422 g/mol. The number of carbonyl (C=O) groups is 1. The number of fused-ring (bicyclic) bond motifs is 1. The van der Waals surface area contributed by atoms with Gasteiger partial charge in [0.05, 0.1) is 6.33 Å². The van der Waals surface area contributed by atoms with Crippen LogP contribution in [0.5, 0.6) is 5.75 Å². The summed E-state index contributed by atoms with van der Waals surface area (Å²) in [6.45, 7) is 6.05. The highest BCUT2D eigenvalue weighted by Crippen LogP contribution is 2.52. The van der Waals surface area contributed by atoms with Gasteiger partial charge in [-0.25, -0.2) is 4.98 Å². The van der Waals surface area contributed by atoms with Crippen LogP contribution in [0.25, 0.3) is 0 Å². The highest BCUT2D eigenvalue weighted by molar-refractivity contribution is 5.92. The molecule has 1 aliphatic carbocycles. The van der Waals surface area contributed by atoms with Crippen LogP contribution in [0.4, 0.5) is 13.2 Å². The molecule has 0 bridgehead atoms. The number of piperidine rings is 1. The van der Waals surface area contributed by atoms with Crippen LogP contribution in [0.1, 0.15) is 23.0 Å². The molecular formula is C21H25F3N4O2. The molecule has 2 aromatic rings. The number of hydrogen-bond acceptors (Lipinski definition) is 4. The Hall–Kier alpha value is -2.55. The second kappa shape index (κ2) is 7.94. The highest BCUT2D eigenvalue weighted by atomic mass is 19.4. The van der Waals surface area contributed by atoms with Gasteiger partial charge in [-0.05, 0) is 42.0 Å². The van der Waals surface area contributed by atoms with Crippen molar-refractivity contribution in [3.8, 4) is 5.75 Å². The van der Waals surface area contributed by atoms with Gasteiger partial charge in [0.25, 0.3) is 5.91 Å². The number of alkyl halides is 3. The molecule has 1 saturated carbocycles. The fraction of sp³-hybridized carbons (Fsp3) is 0.524. The molecule has 2 fully saturated rings. The second-order valence-corrected chi connectivity index (χ2v) is 8.15. The van der Waals surface area contributed by atoms with E-state index >= 15 is 0 Å². The lowest BCUT2D eigenvalue weighted by Gasteiger charge is -2.25. The molecular weight excluding hydrogens is 397 g/mol. The van der Waals surface area contributed by atoms with Crippen LogP contribution in [0, 0.1) is 17.8 Å². The standard InChI is InChI=1S/C21H25F3N4O2/c1-3-27-9-16-17(10-27)18(16)11-28(20(29)19-12-26(2)13-25-19)8-14-5-4-6-15(7-14)30-21(22,23)24/h4-7,12-13,16-18H,3,8-11H2,1-2H3. The molecule has 2 atom stereocenters. The summed E-state index contributed by atoms with van der Waals surface area (Å²) in [6, 6.07) is 5.80. The fourth-order valence-electron chi connectivity index (χ4n) is 4.49. The zero-order valence-electron chi connectivity index (χ0n) is 17.0. The number of carbonyl (C=O) groups excluding carboxylic acids is 1. The lowest BCUT2D eigenvalue weighted by molar-refractivity contribution is -0.274. The summed E-state index contributed by atoms with van der Waals surface area (Å²) in [5.74, 6) is 1.10. The molecule has 1 aliphatic heterocycles. The van der Waals surface area contributed by atoms with Gasteiger partial charge < -0.3 is 19.1 Å². The first-order valence-corrected chi connectivity index (χ1v) is 10.1. The molecule has 4 rings (SSSR count). The number of hydrogen-bond donors (Lipinski definition) is 0. The van der Waals surface area contributed by atoms with E-state index in [0.717, 1.165) is 19.6 Å². The topological polar surface area (TPSA) is 50.6 Å². The normalized spacial score (nSPS) is 23.3. The van der Waals surface area contributed by atoms with Crippen molar-refractivity contribution in [3.63, 3.8) is 0 Å². The third-order valence-electron chi connectivity index (χ3n) is 6.04. The molecule has 6 nitrogen and oxygen atoms in total. The first kappa shape index (κ1) is 20.7. The molecule has 1 aromatic heterocycles. The van der Waals surface area contributed by atoms with Gasteiger partial charge >= 0.3 is 6.36 Å². The van der Waals surface area contributed by atoms with Gasteiger partial charge in [0.15, 0.2) is 0 Å². The van der Waals surface area contributed by atoms with Crippen molar-refractivity contribution in [1.29, 1.82) is 0 Å². The van der Waals surface area contributed by atoms with Crippen LogP contribution < -0.4 is 4.74 Å². The Kier molecular flexibility index (Phi) is 5.48. The van der Waals surface area contributed by atoms with Crippen LogP contribution in [0.15, 0.2) is 36.8 Å². The van der Waals surface area contributed by atoms with Crippen molar-refractivity contribution in [2.75, 3.05) is 26.2 Å². The number of amides is 1. The van der Waals surface area contributed by atoms with Crippen LogP contribution in [0.3, 0.4) is 0 Å². The maximum atomic E-state index is 13.1. The molecule has 0 radical (unpaired) electrons. The summed E-state index contributed by atoms with van der Waals surface area (Å²) in [4.78, 5) is 21.4. The lowest BCUT2D eigenvalue weighted by atomic mass is 10.1. The molecule has 162 valence electrons. The van der Waals surface area contributed by atoms with E-state index in [0.29, 0.717) is 35.6 Å². The maximum absolute atomic E-state index is 13.1. The average Bonchev–Trinajstić information content (AvgIpc) is 3.03. The Labute approximate surface area is 173 Å². The Bertz CT molecular complexity index is 902. The monoisotopic (exact) mass is 422 g/mol. The molecule has 1 saturated heterocycles. The third kappa shape index (κ3) is 4.61. The zero-order valence-corrected chi connectivity index (χ0v) is 17.0. The molecule has 2 unspecified atom stereocenters. The summed E-state index contributed by atoms with van der Waals surface area (Å²) < 4.78 is 43.4. The summed E-state index contributed by atoms with van der Waals surface area (Å²) in [5, 5.41) is 0. The minimum Gasteiger partial charge on any atom is -0.406 e. The van der Waals surface area contributed by atoms with E-state index in [4.69, 9.17) is 0 Å². The van der Waals surface area contributed by atoms with E-state index in [1.807, 2.05) is 0 Å². The Balaban J connectivity index is 1.49.